The monoisotopic (exact) mass is 470 g/mol. The average Bonchev–Trinajstić information content (AvgIpc) is 2.75. The van der Waals surface area contributed by atoms with Gasteiger partial charge in [-0.15, -0.1) is 0 Å². The van der Waals surface area contributed by atoms with Gasteiger partial charge in [0.15, 0.2) is 0 Å². The molecule has 0 saturated heterocycles. The van der Waals surface area contributed by atoms with E-state index in [-0.39, 0.29) is 16.1 Å². The molecule has 4 aromatic carbocycles. The van der Waals surface area contributed by atoms with Crippen molar-refractivity contribution >= 4 is 61.3 Å². The Morgan fingerprint density at radius 1 is 0.742 bits per heavy atom. The lowest BCUT2D eigenvalue weighted by Crippen LogP contribution is -2.18. The minimum Gasteiger partial charge on any atom is -0.322 e. The van der Waals surface area contributed by atoms with Gasteiger partial charge in [0, 0.05) is 15.7 Å². The van der Waals surface area contributed by atoms with Gasteiger partial charge < -0.3 is 5.32 Å². The summed E-state index contributed by atoms with van der Waals surface area (Å²) < 4.78 is 28.0. The van der Waals surface area contributed by atoms with Crippen LogP contribution in [0.3, 0.4) is 0 Å². The Labute approximate surface area is 189 Å². The molecule has 0 heterocycles. The standard InChI is InChI=1S/C23H16Cl2N2O3S/c24-17-6-10-20(11-7-17)31(29,30)27-22-12-8-18(25)14-21(22)23(28)26-19-9-5-15-3-1-2-4-16(15)13-19/h1-14,27H,(H,26,28). The van der Waals surface area contributed by atoms with E-state index in [1.807, 2.05) is 36.4 Å². The number of anilines is 2. The van der Waals surface area contributed by atoms with Gasteiger partial charge in [0.25, 0.3) is 15.9 Å². The van der Waals surface area contributed by atoms with E-state index in [0.29, 0.717) is 15.7 Å². The van der Waals surface area contributed by atoms with Crippen LogP contribution in [0.15, 0.2) is 89.8 Å². The number of hydrogen-bond acceptors (Lipinski definition) is 3. The van der Waals surface area contributed by atoms with Gasteiger partial charge in [0.05, 0.1) is 16.1 Å². The molecule has 5 nitrogen and oxygen atoms in total. The Hall–Kier alpha value is -3.06. The highest BCUT2D eigenvalue weighted by atomic mass is 35.5. The molecule has 0 saturated carbocycles. The summed E-state index contributed by atoms with van der Waals surface area (Å²) in [6, 6.07) is 23.4. The van der Waals surface area contributed by atoms with Gasteiger partial charge in [-0.3, -0.25) is 9.52 Å². The summed E-state index contributed by atoms with van der Waals surface area (Å²) in [5.74, 6) is -0.494. The van der Waals surface area contributed by atoms with E-state index in [1.165, 1.54) is 42.5 Å². The van der Waals surface area contributed by atoms with Crippen LogP contribution < -0.4 is 10.0 Å². The number of sulfonamides is 1. The quantitative estimate of drug-likeness (QED) is 0.364. The Morgan fingerprint density at radius 2 is 1.42 bits per heavy atom. The molecule has 156 valence electrons. The molecule has 0 spiro atoms. The number of halogens is 2. The molecule has 4 rings (SSSR count). The van der Waals surface area contributed by atoms with E-state index in [9.17, 15) is 13.2 Å². The lowest BCUT2D eigenvalue weighted by atomic mass is 10.1. The van der Waals surface area contributed by atoms with Crippen LogP contribution in [0.1, 0.15) is 10.4 Å². The maximum absolute atomic E-state index is 13.0. The molecule has 0 aliphatic rings. The van der Waals surface area contributed by atoms with Crippen LogP contribution in [0.4, 0.5) is 11.4 Å². The second kappa shape index (κ2) is 8.59. The third-order valence-corrected chi connectivity index (χ3v) is 6.47. The number of carbonyl (C=O) groups excluding carboxylic acids is 1. The molecule has 0 aliphatic carbocycles. The Kier molecular flexibility index (Phi) is 5.87. The van der Waals surface area contributed by atoms with Gasteiger partial charge in [0.2, 0.25) is 0 Å². The van der Waals surface area contributed by atoms with Crippen molar-refractivity contribution in [2.24, 2.45) is 0 Å². The molecule has 0 fully saturated rings. The average molecular weight is 471 g/mol. The Bertz CT molecular complexity index is 1390. The van der Waals surface area contributed by atoms with Crippen LogP contribution >= 0.6 is 23.2 Å². The van der Waals surface area contributed by atoms with Crippen LogP contribution in [0.25, 0.3) is 10.8 Å². The first-order chi connectivity index (χ1) is 14.8. The first-order valence-electron chi connectivity index (χ1n) is 9.20. The third-order valence-electron chi connectivity index (χ3n) is 4.60. The molecule has 0 atom stereocenters. The van der Waals surface area contributed by atoms with Crippen LogP contribution in [-0.4, -0.2) is 14.3 Å². The summed E-state index contributed by atoms with van der Waals surface area (Å²) in [5, 5.41) is 5.53. The normalized spacial score (nSPS) is 11.3. The number of carbonyl (C=O) groups is 1. The zero-order chi connectivity index (χ0) is 22.0. The van der Waals surface area contributed by atoms with Gasteiger partial charge in [-0.25, -0.2) is 8.42 Å². The fraction of sp³-hybridized carbons (Fsp3) is 0. The van der Waals surface area contributed by atoms with E-state index in [4.69, 9.17) is 23.2 Å². The second-order valence-electron chi connectivity index (χ2n) is 6.77. The number of hydrogen-bond donors (Lipinski definition) is 2. The molecule has 8 heteroatoms. The zero-order valence-corrected chi connectivity index (χ0v) is 18.3. The summed E-state index contributed by atoms with van der Waals surface area (Å²) >= 11 is 11.9. The lowest BCUT2D eigenvalue weighted by molar-refractivity contribution is 0.102. The molecule has 1 amide bonds. The van der Waals surface area contributed by atoms with Gasteiger partial charge in [-0.1, -0.05) is 53.5 Å². The van der Waals surface area contributed by atoms with Crippen LogP contribution in [0, 0.1) is 0 Å². The zero-order valence-electron chi connectivity index (χ0n) is 16.0. The molecule has 4 aromatic rings. The van der Waals surface area contributed by atoms with Crippen molar-refractivity contribution in [3.63, 3.8) is 0 Å². The van der Waals surface area contributed by atoms with Gasteiger partial charge in [-0.2, -0.15) is 0 Å². The largest absolute Gasteiger partial charge is 0.322 e. The summed E-state index contributed by atoms with van der Waals surface area (Å²) in [6.45, 7) is 0. The fourth-order valence-corrected chi connectivity index (χ4v) is 4.45. The number of benzene rings is 4. The predicted molar refractivity (Wildman–Crippen MR) is 126 cm³/mol. The van der Waals surface area contributed by atoms with E-state index in [2.05, 4.69) is 10.0 Å². The number of fused-ring (bicyclic) bond motifs is 1. The lowest BCUT2D eigenvalue weighted by Gasteiger charge is -2.14. The topological polar surface area (TPSA) is 75.3 Å². The van der Waals surface area contributed by atoms with E-state index >= 15 is 0 Å². The van der Waals surface area contributed by atoms with Crippen molar-refractivity contribution in [1.29, 1.82) is 0 Å². The number of amides is 1. The third kappa shape index (κ3) is 4.82. The molecule has 0 unspecified atom stereocenters. The summed E-state index contributed by atoms with van der Waals surface area (Å²) in [6.07, 6.45) is 0. The molecule has 31 heavy (non-hydrogen) atoms. The predicted octanol–water partition coefficient (Wildman–Crippen LogP) is 6.20. The molecule has 2 N–H and O–H groups in total. The Balaban J connectivity index is 1.64. The SMILES string of the molecule is O=C(Nc1ccc2ccccc2c1)c1cc(Cl)ccc1NS(=O)(=O)c1ccc(Cl)cc1. The molecular weight excluding hydrogens is 455 g/mol. The molecule has 0 aromatic heterocycles. The van der Waals surface area contributed by atoms with E-state index in [0.717, 1.165) is 10.8 Å². The van der Waals surface area contributed by atoms with Gasteiger partial charge in [-0.05, 0) is 65.4 Å². The van der Waals surface area contributed by atoms with Crippen molar-refractivity contribution in [1.82, 2.24) is 0 Å². The first-order valence-corrected chi connectivity index (χ1v) is 11.4. The smallest absolute Gasteiger partial charge is 0.261 e. The summed E-state index contributed by atoms with van der Waals surface area (Å²) in [7, 11) is -3.93. The van der Waals surface area contributed by atoms with E-state index in [1.54, 1.807) is 6.07 Å². The maximum Gasteiger partial charge on any atom is 0.261 e. The first kappa shape index (κ1) is 21.2. The van der Waals surface area contributed by atoms with Gasteiger partial charge in [0.1, 0.15) is 0 Å². The highest BCUT2D eigenvalue weighted by Gasteiger charge is 2.19. The van der Waals surface area contributed by atoms with E-state index < -0.39 is 15.9 Å². The van der Waals surface area contributed by atoms with Crippen molar-refractivity contribution < 1.29 is 13.2 Å². The van der Waals surface area contributed by atoms with Crippen molar-refractivity contribution in [2.45, 2.75) is 4.90 Å². The molecular formula is C23H16Cl2N2O3S. The minimum absolute atomic E-state index is 0.0211. The molecule has 0 bridgehead atoms. The van der Waals surface area contributed by atoms with Crippen molar-refractivity contribution in [3.8, 4) is 0 Å². The highest BCUT2D eigenvalue weighted by Crippen LogP contribution is 2.26. The van der Waals surface area contributed by atoms with Crippen molar-refractivity contribution in [2.75, 3.05) is 10.0 Å². The maximum atomic E-state index is 13.0. The summed E-state index contributed by atoms with van der Waals surface area (Å²) in [4.78, 5) is 13.0. The number of rotatable bonds is 5. The van der Waals surface area contributed by atoms with Crippen LogP contribution in [0.2, 0.25) is 10.0 Å². The highest BCUT2D eigenvalue weighted by molar-refractivity contribution is 7.92. The summed E-state index contributed by atoms with van der Waals surface area (Å²) in [5.41, 5.74) is 0.783. The van der Waals surface area contributed by atoms with Gasteiger partial charge >= 0.3 is 0 Å². The Morgan fingerprint density at radius 3 is 2.16 bits per heavy atom. The molecule has 0 radical (unpaired) electrons. The van der Waals surface area contributed by atoms with Crippen LogP contribution in [0.5, 0.6) is 0 Å². The van der Waals surface area contributed by atoms with Crippen molar-refractivity contribution in [3.05, 3.63) is 101 Å². The fourth-order valence-electron chi connectivity index (χ4n) is 3.08. The molecule has 0 aliphatic heterocycles. The second-order valence-corrected chi connectivity index (χ2v) is 9.32. The minimum atomic E-state index is -3.93. The van der Waals surface area contributed by atoms with Crippen LogP contribution in [-0.2, 0) is 10.0 Å². The number of nitrogens with one attached hydrogen (secondary N) is 2.